The predicted molar refractivity (Wildman–Crippen MR) is 86.0 cm³/mol. The van der Waals surface area contributed by atoms with Crippen LogP contribution in [-0.4, -0.2) is 16.5 Å². The molecule has 0 amide bonds. The van der Waals surface area contributed by atoms with Crippen LogP contribution in [-0.2, 0) is 5.41 Å². The third-order valence-electron chi connectivity index (χ3n) is 3.09. The molecule has 112 valence electrons. The molecule has 1 heterocycles. The molecule has 0 bridgehead atoms. The van der Waals surface area contributed by atoms with Gasteiger partial charge in [-0.1, -0.05) is 39.8 Å². The van der Waals surface area contributed by atoms with E-state index >= 15 is 0 Å². The van der Waals surface area contributed by atoms with E-state index in [1.807, 2.05) is 18.2 Å². The van der Waals surface area contributed by atoms with Crippen LogP contribution in [0.2, 0.25) is 0 Å². The van der Waals surface area contributed by atoms with Crippen molar-refractivity contribution in [2.45, 2.75) is 39.5 Å². The van der Waals surface area contributed by atoms with E-state index in [1.165, 1.54) is 5.56 Å². The average Bonchev–Trinajstić information content (AvgIpc) is 2.45. The van der Waals surface area contributed by atoms with Gasteiger partial charge in [0.25, 0.3) is 0 Å². The Hall–Kier alpha value is -2.10. The Kier molecular flexibility index (Phi) is 4.78. The standard InChI is InChI=1S/C17H23N3O/c1-5-9-19-15-11-18-12-16(20-15)21-14-8-6-7-13(10-14)17(2,3)4/h6-8,10-12H,5,9H2,1-4H3,(H,19,20). The molecule has 0 aliphatic rings. The van der Waals surface area contributed by atoms with Crippen molar-refractivity contribution >= 4 is 5.82 Å². The molecule has 4 heteroatoms. The van der Waals surface area contributed by atoms with Crippen LogP contribution in [0, 0.1) is 0 Å². The summed E-state index contributed by atoms with van der Waals surface area (Å²) >= 11 is 0. The van der Waals surface area contributed by atoms with Crippen molar-refractivity contribution in [2.75, 3.05) is 11.9 Å². The van der Waals surface area contributed by atoms with Crippen molar-refractivity contribution in [1.82, 2.24) is 9.97 Å². The first-order valence-corrected chi connectivity index (χ1v) is 7.33. The zero-order chi connectivity index (χ0) is 15.3. The summed E-state index contributed by atoms with van der Waals surface area (Å²) in [6.45, 7) is 9.53. The molecule has 0 unspecified atom stereocenters. The number of nitrogens with zero attached hydrogens (tertiary/aromatic N) is 2. The fourth-order valence-corrected chi connectivity index (χ4v) is 1.88. The van der Waals surface area contributed by atoms with Gasteiger partial charge < -0.3 is 10.1 Å². The highest BCUT2D eigenvalue weighted by molar-refractivity contribution is 5.37. The van der Waals surface area contributed by atoms with Gasteiger partial charge in [-0.05, 0) is 29.5 Å². The van der Waals surface area contributed by atoms with Gasteiger partial charge in [0.1, 0.15) is 11.6 Å². The largest absolute Gasteiger partial charge is 0.437 e. The maximum atomic E-state index is 5.82. The van der Waals surface area contributed by atoms with Gasteiger partial charge in [-0.3, -0.25) is 4.98 Å². The second kappa shape index (κ2) is 6.57. The number of aromatic nitrogens is 2. The second-order valence-electron chi connectivity index (χ2n) is 6.05. The summed E-state index contributed by atoms with van der Waals surface area (Å²) < 4.78 is 5.82. The Morgan fingerprint density at radius 3 is 2.71 bits per heavy atom. The van der Waals surface area contributed by atoms with E-state index < -0.39 is 0 Å². The molecule has 0 saturated heterocycles. The van der Waals surface area contributed by atoms with Crippen LogP contribution >= 0.6 is 0 Å². The first kappa shape index (κ1) is 15.3. The zero-order valence-corrected chi connectivity index (χ0v) is 13.2. The Morgan fingerprint density at radius 1 is 1.19 bits per heavy atom. The molecule has 2 aromatic rings. The lowest BCUT2D eigenvalue weighted by atomic mass is 9.87. The molecule has 1 aromatic heterocycles. The Balaban J connectivity index is 2.14. The van der Waals surface area contributed by atoms with E-state index in [0.717, 1.165) is 24.5 Å². The zero-order valence-electron chi connectivity index (χ0n) is 13.2. The van der Waals surface area contributed by atoms with Gasteiger partial charge >= 0.3 is 0 Å². The van der Waals surface area contributed by atoms with E-state index in [2.05, 4.69) is 49.0 Å². The van der Waals surface area contributed by atoms with Crippen molar-refractivity contribution in [3.63, 3.8) is 0 Å². The van der Waals surface area contributed by atoms with Gasteiger partial charge in [0.15, 0.2) is 0 Å². The first-order valence-electron chi connectivity index (χ1n) is 7.33. The van der Waals surface area contributed by atoms with Gasteiger partial charge in [0.2, 0.25) is 5.88 Å². The number of hydrogen-bond acceptors (Lipinski definition) is 4. The lowest BCUT2D eigenvalue weighted by Crippen LogP contribution is -2.10. The molecule has 0 radical (unpaired) electrons. The van der Waals surface area contributed by atoms with Gasteiger partial charge in [0, 0.05) is 6.54 Å². The van der Waals surface area contributed by atoms with Crippen LogP contribution in [0.4, 0.5) is 5.82 Å². The Labute approximate surface area is 126 Å². The summed E-state index contributed by atoms with van der Waals surface area (Å²) in [5.41, 5.74) is 1.32. The van der Waals surface area contributed by atoms with E-state index in [0.29, 0.717) is 5.88 Å². The molecule has 21 heavy (non-hydrogen) atoms. The summed E-state index contributed by atoms with van der Waals surface area (Å²) in [4.78, 5) is 8.56. The summed E-state index contributed by atoms with van der Waals surface area (Å²) in [5.74, 6) is 2.02. The van der Waals surface area contributed by atoms with Crippen molar-refractivity contribution in [3.05, 3.63) is 42.2 Å². The lowest BCUT2D eigenvalue weighted by Gasteiger charge is -2.19. The fraction of sp³-hybridized carbons (Fsp3) is 0.412. The number of rotatable bonds is 5. The molecule has 4 nitrogen and oxygen atoms in total. The Morgan fingerprint density at radius 2 is 2.00 bits per heavy atom. The molecule has 1 N–H and O–H groups in total. The highest BCUT2D eigenvalue weighted by atomic mass is 16.5. The maximum absolute atomic E-state index is 5.82. The summed E-state index contributed by atoms with van der Waals surface area (Å²) in [6.07, 6.45) is 4.37. The van der Waals surface area contributed by atoms with Crippen molar-refractivity contribution < 1.29 is 4.74 Å². The fourth-order valence-electron chi connectivity index (χ4n) is 1.88. The van der Waals surface area contributed by atoms with Gasteiger partial charge in [-0.25, -0.2) is 0 Å². The molecular weight excluding hydrogens is 262 g/mol. The minimum Gasteiger partial charge on any atom is -0.437 e. The third-order valence-corrected chi connectivity index (χ3v) is 3.09. The van der Waals surface area contributed by atoms with Crippen molar-refractivity contribution in [2.24, 2.45) is 0 Å². The number of benzene rings is 1. The van der Waals surface area contributed by atoms with Gasteiger partial charge in [-0.2, -0.15) is 4.98 Å². The predicted octanol–water partition coefficient (Wildman–Crippen LogP) is 4.39. The highest BCUT2D eigenvalue weighted by Crippen LogP contribution is 2.27. The topological polar surface area (TPSA) is 47.0 Å². The molecule has 0 saturated carbocycles. The van der Waals surface area contributed by atoms with Crippen LogP contribution in [0.25, 0.3) is 0 Å². The molecule has 0 aliphatic heterocycles. The summed E-state index contributed by atoms with van der Waals surface area (Å²) in [7, 11) is 0. The van der Waals surface area contributed by atoms with E-state index in [4.69, 9.17) is 4.74 Å². The van der Waals surface area contributed by atoms with Crippen LogP contribution in [0.15, 0.2) is 36.7 Å². The van der Waals surface area contributed by atoms with Crippen LogP contribution in [0.1, 0.15) is 39.7 Å². The molecule has 0 aliphatic carbocycles. The molecule has 0 atom stereocenters. The van der Waals surface area contributed by atoms with Crippen LogP contribution < -0.4 is 10.1 Å². The Bertz CT molecular complexity index is 591. The average molecular weight is 285 g/mol. The number of hydrogen-bond donors (Lipinski definition) is 1. The van der Waals surface area contributed by atoms with E-state index in [9.17, 15) is 0 Å². The lowest BCUT2D eigenvalue weighted by molar-refractivity contribution is 0.457. The second-order valence-corrected chi connectivity index (χ2v) is 6.05. The normalized spacial score (nSPS) is 11.2. The monoisotopic (exact) mass is 285 g/mol. The minimum absolute atomic E-state index is 0.0928. The summed E-state index contributed by atoms with van der Waals surface area (Å²) in [5, 5.41) is 3.20. The van der Waals surface area contributed by atoms with Crippen LogP contribution in [0.5, 0.6) is 11.6 Å². The molecule has 0 spiro atoms. The van der Waals surface area contributed by atoms with E-state index in [1.54, 1.807) is 12.4 Å². The molecule has 2 rings (SSSR count). The number of ether oxygens (including phenoxy) is 1. The van der Waals surface area contributed by atoms with Crippen LogP contribution in [0.3, 0.4) is 0 Å². The molecule has 0 fully saturated rings. The summed E-state index contributed by atoms with van der Waals surface area (Å²) in [6, 6.07) is 8.09. The number of anilines is 1. The minimum atomic E-state index is 0.0928. The third kappa shape index (κ3) is 4.45. The smallest absolute Gasteiger partial charge is 0.239 e. The van der Waals surface area contributed by atoms with Gasteiger partial charge in [-0.15, -0.1) is 0 Å². The number of nitrogens with one attached hydrogen (secondary N) is 1. The quantitative estimate of drug-likeness (QED) is 0.885. The van der Waals surface area contributed by atoms with Gasteiger partial charge in [0.05, 0.1) is 12.4 Å². The van der Waals surface area contributed by atoms with Crippen molar-refractivity contribution in [1.29, 1.82) is 0 Å². The van der Waals surface area contributed by atoms with Crippen molar-refractivity contribution in [3.8, 4) is 11.6 Å². The first-order chi connectivity index (χ1) is 9.99. The van der Waals surface area contributed by atoms with E-state index in [-0.39, 0.29) is 5.41 Å². The highest BCUT2D eigenvalue weighted by Gasteiger charge is 2.14. The molecular formula is C17H23N3O. The SMILES string of the molecule is CCCNc1cncc(Oc2cccc(C(C)(C)C)c2)n1. The maximum Gasteiger partial charge on any atom is 0.239 e. The molecule has 1 aromatic carbocycles.